The number of halogens is 1. The Balaban J connectivity index is 1.92. The van der Waals surface area contributed by atoms with Gasteiger partial charge in [0.25, 0.3) is 5.91 Å². The standard InChI is InChI=1S/C25H22ClN3O3/c1-4-17-5-7-20(8-6-17)28-24(30)19(14-27)12-18-11-15(2)29(16(18)3)21-9-10-22(25(31)32)23(26)13-21/h5-13H,4H2,1-3H3,(H,28,30)(H,31,32)/b19-12-. The summed E-state index contributed by atoms with van der Waals surface area (Å²) in [6, 6.07) is 16.0. The molecule has 162 valence electrons. The Morgan fingerprint density at radius 1 is 1.16 bits per heavy atom. The van der Waals surface area contributed by atoms with Crippen LogP contribution in [0.2, 0.25) is 5.02 Å². The van der Waals surface area contributed by atoms with E-state index in [9.17, 15) is 20.0 Å². The Kier molecular flexibility index (Phi) is 6.82. The summed E-state index contributed by atoms with van der Waals surface area (Å²) in [4.78, 5) is 23.9. The first-order valence-electron chi connectivity index (χ1n) is 9.99. The van der Waals surface area contributed by atoms with Gasteiger partial charge in [-0.2, -0.15) is 5.26 Å². The van der Waals surface area contributed by atoms with Crippen molar-refractivity contribution in [3.63, 3.8) is 0 Å². The van der Waals surface area contributed by atoms with Crippen molar-refractivity contribution in [3.05, 3.63) is 87.2 Å². The lowest BCUT2D eigenvalue weighted by molar-refractivity contribution is -0.112. The normalized spacial score (nSPS) is 11.2. The quantitative estimate of drug-likeness (QED) is 0.382. The monoisotopic (exact) mass is 447 g/mol. The van der Waals surface area contributed by atoms with Gasteiger partial charge >= 0.3 is 5.97 Å². The van der Waals surface area contributed by atoms with Crippen LogP contribution in [0.25, 0.3) is 11.8 Å². The van der Waals surface area contributed by atoms with Gasteiger partial charge in [0.05, 0.1) is 10.6 Å². The molecule has 1 heterocycles. The number of nitriles is 1. The number of rotatable bonds is 6. The number of hydrogen-bond donors (Lipinski definition) is 2. The van der Waals surface area contributed by atoms with E-state index < -0.39 is 11.9 Å². The molecule has 7 heteroatoms. The molecule has 0 bridgehead atoms. The summed E-state index contributed by atoms with van der Waals surface area (Å²) in [6.45, 7) is 5.79. The zero-order valence-electron chi connectivity index (χ0n) is 17.9. The Morgan fingerprint density at radius 3 is 2.41 bits per heavy atom. The summed E-state index contributed by atoms with van der Waals surface area (Å²) >= 11 is 6.13. The molecule has 0 aliphatic carbocycles. The number of amides is 1. The maximum Gasteiger partial charge on any atom is 0.337 e. The second kappa shape index (κ2) is 9.54. The van der Waals surface area contributed by atoms with Gasteiger partial charge < -0.3 is 15.0 Å². The summed E-state index contributed by atoms with van der Waals surface area (Å²) in [5.41, 5.74) is 4.80. The molecule has 0 unspecified atom stereocenters. The van der Waals surface area contributed by atoms with Crippen LogP contribution in [0.1, 0.15) is 39.8 Å². The average molecular weight is 448 g/mol. The number of benzene rings is 2. The number of nitrogens with zero attached hydrogens (tertiary/aromatic N) is 2. The number of aryl methyl sites for hydroxylation is 2. The number of carbonyl (C=O) groups excluding carboxylic acids is 1. The summed E-state index contributed by atoms with van der Waals surface area (Å²) in [5.74, 6) is -1.59. The van der Waals surface area contributed by atoms with Crippen molar-refractivity contribution < 1.29 is 14.7 Å². The number of carbonyl (C=O) groups is 2. The minimum Gasteiger partial charge on any atom is -0.478 e. The second-order valence-electron chi connectivity index (χ2n) is 7.31. The van der Waals surface area contributed by atoms with Gasteiger partial charge in [0.2, 0.25) is 0 Å². The first kappa shape index (κ1) is 22.9. The third kappa shape index (κ3) is 4.74. The highest BCUT2D eigenvalue weighted by atomic mass is 35.5. The topological polar surface area (TPSA) is 95.1 Å². The molecule has 3 aromatic rings. The lowest BCUT2D eigenvalue weighted by Gasteiger charge is -2.11. The van der Waals surface area contributed by atoms with E-state index in [-0.39, 0.29) is 16.2 Å². The number of aromatic nitrogens is 1. The van der Waals surface area contributed by atoms with E-state index in [1.54, 1.807) is 18.2 Å². The van der Waals surface area contributed by atoms with Crippen LogP contribution in [0.4, 0.5) is 5.69 Å². The highest BCUT2D eigenvalue weighted by Gasteiger charge is 2.16. The fourth-order valence-electron chi connectivity index (χ4n) is 3.47. The molecule has 0 saturated heterocycles. The molecule has 0 saturated carbocycles. The zero-order valence-corrected chi connectivity index (χ0v) is 18.7. The van der Waals surface area contributed by atoms with Crippen molar-refractivity contribution >= 4 is 35.2 Å². The van der Waals surface area contributed by atoms with Gasteiger partial charge in [0.1, 0.15) is 11.6 Å². The third-order valence-corrected chi connectivity index (χ3v) is 5.51. The molecular weight excluding hydrogens is 426 g/mol. The molecule has 0 aliphatic heterocycles. The summed E-state index contributed by atoms with van der Waals surface area (Å²) in [6.07, 6.45) is 2.44. The molecular formula is C25H22ClN3O3. The minimum atomic E-state index is -1.10. The van der Waals surface area contributed by atoms with Crippen LogP contribution < -0.4 is 5.32 Å². The Morgan fingerprint density at radius 2 is 1.84 bits per heavy atom. The van der Waals surface area contributed by atoms with Gasteiger partial charge in [0, 0.05) is 22.8 Å². The van der Waals surface area contributed by atoms with E-state index in [2.05, 4.69) is 12.2 Å². The number of nitrogens with one attached hydrogen (secondary N) is 1. The van der Waals surface area contributed by atoms with Crippen LogP contribution >= 0.6 is 11.6 Å². The van der Waals surface area contributed by atoms with Crippen molar-refractivity contribution in [2.75, 3.05) is 5.32 Å². The summed E-state index contributed by atoms with van der Waals surface area (Å²) in [7, 11) is 0. The van der Waals surface area contributed by atoms with Crippen LogP contribution in [0.15, 0.2) is 54.1 Å². The molecule has 1 aromatic heterocycles. The van der Waals surface area contributed by atoms with Crippen molar-refractivity contribution in [1.29, 1.82) is 5.26 Å². The van der Waals surface area contributed by atoms with E-state index in [1.165, 1.54) is 6.07 Å². The van der Waals surface area contributed by atoms with Crippen LogP contribution in [-0.2, 0) is 11.2 Å². The highest BCUT2D eigenvalue weighted by Crippen LogP contribution is 2.26. The lowest BCUT2D eigenvalue weighted by Crippen LogP contribution is -2.13. The third-order valence-electron chi connectivity index (χ3n) is 5.20. The minimum absolute atomic E-state index is 0.0217. The van der Waals surface area contributed by atoms with Gasteiger partial charge in [-0.3, -0.25) is 4.79 Å². The Hall–Kier alpha value is -3.82. The Labute approximate surface area is 191 Å². The molecule has 0 fully saturated rings. The SMILES string of the molecule is CCc1ccc(NC(=O)/C(C#N)=C\c2cc(C)n(-c3ccc(C(=O)O)c(Cl)c3)c2C)cc1. The maximum atomic E-state index is 12.6. The number of aromatic carboxylic acids is 1. The molecule has 0 atom stereocenters. The highest BCUT2D eigenvalue weighted by molar-refractivity contribution is 6.33. The predicted octanol–water partition coefficient (Wildman–Crippen LogP) is 5.55. The molecule has 1 amide bonds. The van der Waals surface area contributed by atoms with Gasteiger partial charge in [-0.05, 0) is 73.9 Å². The van der Waals surface area contributed by atoms with Crippen LogP contribution in [0.5, 0.6) is 0 Å². The number of hydrogen-bond acceptors (Lipinski definition) is 3. The molecule has 0 spiro atoms. The van der Waals surface area contributed by atoms with Crippen molar-refractivity contribution in [3.8, 4) is 11.8 Å². The molecule has 6 nitrogen and oxygen atoms in total. The molecule has 0 radical (unpaired) electrons. The van der Waals surface area contributed by atoms with E-state index >= 15 is 0 Å². The Bertz CT molecular complexity index is 1260. The zero-order chi connectivity index (χ0) is 23.4. The van der Waals surface area contributed by atoms with E-state index in [0.717, 1.165) is 23.4 Å². The number of carboxylic acid groups (broad SMARTS) is 1. The molecule has 2 aromatic carbocycles. The second-order valence-corrected chi connectivity index (χ2v) is 7.71. The number of anilines is 1. The van der Waals surface area contributed by atoms with E-state index in [1.807, 2.05) is 54.8 Å². The van der Waals surface area contributed by atoms with Crippen LogP contribution in [0.3, 0.4) is 0 Å². The largest absolute Gasteiger partial charge is 0.478 e. The average Bonchev–Trinajstić information content (AvgIpc) is 3.04. The predicted molar refractivity (Wildman–Crippen MR) is 125 cm³/mol. The lowest BCUT2D eigenvalue weighted by atomic mass is 10.1. The van der Waals surface area contributed by atoms with Crippen molar-refractivity contribution in [1.82, 2.24) is 4.57 Å². The first-order chi connectivity index (χ1) is 15.2. The molecule has 3 rings (SSSR count). The van der Waals surface area contributed by atoms with Crippen LogP contribution in [0, 0.1) is 25.2 Å². The van der Waals surface area contributed by atoms with Gasteiger partial charge in [-0.25, -0.2) is 4.79 Å². The van der Waals surface area contributed by atoms with Gasteiger partial charge in [-0.1, -0.05) is 30.7 Å². The van der Waals surface area contributed by atoms with Gasteiger partial charge in [-0.15, -0.1) is 0 Å². The van der Waals surface area contributed by atoms with Crippen LogP contribution in [-0.4, -0.2) is 21.6 Å². The smallest absolute Gasteiger partial charge is 0.337 e. The number of carboxylic acids is 1. The maximum absolute atomic E-state index is 12.6. The first-order valence-corrected chi connectivity index (χ1v) is 10.4. The molecule has 2 N–H and O–H groups in total. The summed E-state index contributed by atoms with van der Waals surface area (Å²) < 4.78 is 1.89. The van der Waals surface area contributed by atoms with Crippen molar-refractivity contribution in [2.45, 2.75) is 27.2 Å². The fourth-order valence-corrected chi connectivity index (χ4v) is 3.73. The summed E-state index contributed by atoms with van der Waals surface area (Å²) in [5, 5.41) is 21.6. The molecule has 32 heavy (non-hydrogen) atoms. The van der Waals surface area contributed by atoms with Gasteiger partial charge in [0.15, 0.2) is 0 Å². The fraction of sp³-hybridized carbons (Fsp3) is 0.160. The van der Waals surface area contributed by atoms with E-state index in [0.29, 0.717) is 16.9 Å². The van der Waals surface area contributed by atoms with E-state index in [4.69, 9.17) is 11.6 Å². The van der Waals surface area contributed by atoms with Crippen molar-refractivity contribution in [2.24, 2.45) is 0 Å². The molecule has 0 aliphatic rings.